The number of anilines is 1. The van der Waals surface area contributed by atoms with Crippen molar-refractivity contribution in [3.05, 3.63) is 77.2 Å². The molecule has 0 spiro atoms. The highest BCUT2D eigenvalue weighted by Crippen LogP contribution is 2.31. The van der Waals surface area contributed by atoms with Gasteiger partial charge in [0.25, 0.3) is 0 Å². The molecule has 44 heavy (non-hydrogen) atoms. The summed E-state index contributed by atoms with van der Waals surface area (Å²) in [6.45, 7) is 9.69. The minimum Gasteiger partial charge on any atom is -0.492 e. The number of pyridine rings is 2. The van der Waals surface area contributed by atoms with Gasteiger partial charge in [-0.05, 0) is 63.6 Å². The number of alkyl carbamates (subject to hydrolysis) is 1. The van der Waals surface area contributed by atoms with E-state index in [1.54, 1.807) is 66.8 Å². The molecule has 1 fully saturated rings. The fourth-order valence-electron chi connectivity index (χ4n) is 5.11. The monoisotopic (exact) mass is 615 g/mol. The van der Waals surface area contributed by atoms with Gasteiger partial charge in [0.15, 0.2) is 0 Å². The quantitative estimate of drug-likeness (QED) is 0.299. The van der Waals surface area contributed by atoms with Gasteiger partial charge in [0.1, 0.15) is 29.3 Å². The zero-order valence-electron chi connectivity index (χ0n) is 25.1. The van der Waals surface area contributed by atoms with Gasteiger partial charge in [-0.15, -0.1) is 0 Å². The Morgan fingerprint density at radius 3 is 2.52 bits per heavy atom. The minimum absolute atomic E-state index is 0.242. The van der Waals surface area contributed by atoms with E-state index in [-0.39, 0.29) is 5.91 Å². The first-order valence-electron chi connectivity index (χ1n) is 14.4. The number of piperazine rings is 1. The predicted molar refractivity (Wildman–Crippen MR) is 167 cm³/mol. The van der Waals surface area contributed by atoms with E-state index in [4.69, 9.17) is 26.1 Å². The number of amides is 2. The molecule has 0 saturated carbocycles. The highest BCUT2D eigenvalue weighted by atomic mass is 35.5. The number of fused-ring (bicyclic) bond motifs is 1. The summed E-state index contributed by atoms with van der Waals surface area (Å²) in [6.07, 6.45) is 4.38. The van der Waals surface area contributed by atoms with Crippen molar-refractivity contribution < 1.29 is 19.1 Å². The third-order valence-corrected chi connectivity index (χ3v) is 7.32. The van der Waals surface area contributed by atoms with Gasteiger partial charge < -0.3 is 24.6 Å². The molecular weight excluding hydrogens is 582 g/mol. The Balaban J connectivity index is 1.30. The lowest BCUT2D eigenvalue weighted by atomic mass is 10.0. The van der Waals surface area contributed by atoms with Gasteiger partial charge in [-0.2, -0.15) is 10.4 Å². The molecule has 1 saturated heterocycles. The van der Waals surface area contributed by atoms with Crippen molar-refractivity contribution in [1.82, 2.24) is 24.8 Å². The van der Waals surface area contributed by atoms with Crippen molar-refractivity contribution in [2.24, 2.45) is 0 Å². The summed E-state index contributed by atoms with van der Waals surface area (Å²) in [5.74, 6) is 1.17. The van der Waals surface area contributed by atoms with E-state index in [0.717, 1.165) is 16.9 Å². The van der Waals surface area contributed by atoms with Crippen LogP contribution in [-0.2, 0) is 9.53 Å². The molecule has 1 N–H and O–H groups in total. The topological polar surface area (TPSA) is 125 Å². The summed E-state index contributed by atoms with van der Waals surface area (Å²) in [4.78, 5) is 34.9. The Kier molecular flexibility index (Phi) is 8.92. The number of nitrogens with zero attached hydrogens (tertiary/aromatic N) is 6. The number of nitrogens with one attached hydrogen (secondary N) is 1. The summed E-state index contributed by atoms with van der Waals surface area (Å²) in [5, 5.41) is 17.1. The van der Waals surface area contributed by atoms with Gasteiger partial charge in [0.2, 0.25) is 5.91 Å². The fourth-order valence-corrected chi connectivity index (χ4v) is 5.31. The normalized spacial score (nSPS) is 14.2. The molecule has 11 nitrogen and oxygen atoms in total. The average Bonchev–Trinajstić information content (AvgIpc) is 3.42. The standard InChI is InChI=1S/C32H34ClN7O4/c1-5-43-25-16-26(29-23(17-34)19-36-40(29)20-25)22-9-10-27(35-18-22)38-11-13-39(14-12-38)30(41)28(21-7-6-8-24(33)15-21)37-31(42)44-32(2,3)4/h6-10,15-16,18-20,28H,5,11-14H2,1-4H3,(H,37,42)/t28-/m1/s1. The Morgan fingerprint density at radius 1 is 1.11 bits per heavy atom. The molecule has 2 amide bonds. The zero-order valence-corrected chi connectivity index (χ0v) is 25.8. The average molecular weight is 616 g/mol. The molecule has 0 unspecified atom stereocenters. The second-order valence-electron chi connectivity index (χ2n) is 11.3. The molecule has 3 aromatic heterocycles. The van der Waals surface area contributed by atoms with E-state index in [0.29, 0.717) is 60.2 Å². The summed E-state index contributed by atoms with van der Waals surface area (Å²) < 4.78 is 12.8. The summed E-state index contributed by atoms with van der Waals surface area (Å²) in [6, 6.07) is 13.9. The predicted octanol–water partition coefficient (Wildman–Crippen LogP) is 5.23. The van der Waals surface area contributed by atoms with Crippen molar-refractivity contribution in [3.8, 4) is 22.9 Å². The van der Waals surface area contributed by atoms with Gasteiger partial charge in [-0.1, -0.05) is 23.7 Å². The van der Waals surface area contributed by atoms with Crippen LogP contribution in [0.25, 0.3) is 16.6 Å². The van der Waals surface area contributed by atoms with Crippen LogP contribution in [-0.4, -0.2) is 69.9 Å². The van der Waals surface area contributed by atoms with Crippen LogP contribution < -0.4 is 15.0 Å². The Morgan fingerprint density at radius 2 is 1.89 bits per heavy atom. The lowest BCUT2D eigenvalue weighted by Crippen LogP contribution is -2.52. The maximum Gasteiger partial charge on any atom is 0.408 e. The van der Waals surface area contributed by atoms with Crippen molar-refractivity contribution in [2.75, 3.05) is 37.7 Å². The van der Waals surface area contributed by atoms with E-state index in [2.05, 4.69) is 21.4 Å². The second-order valence-corrected chi connectivity index (χ2v) is 11.8. The maximum atomic E-state index is 13.7. The van der Waals surface area contributed by atoms with Crippen LogP contribution in [0.15, 0.2) is 61.1 Å². The van der Waals surface area contributed by atoms with E-state index < -0.39 is 17.7 Å². The molecule has 12 heteroatoms. The number of carbonyl (C=O) groups is 2. The van der Waals surface area contributed by atoms with Gasteiger partial charge in [-0.25, -0.2) is 14.3 Å². The Labute approximate surface area is 260 Å². The van der Waals surface area contributed by atoms with Crippen LogP contribution in [0.4, 0.5) is 10.6 Å². The molecule has 1 aliphatic heterocycles. The first kappa shape index (κ1) is 30.6. The highest BCUT2D eigenvalue weighted by molar-refractivity contribution is 6.30. The zero-order chi connectivity index (χ0) is 31.4. The number of nitriles is 1. The molecule has 4 aromatic rings. The largest absolute Gasteiger partial charge is 0.492 e. The van der Waals surface area contributed by atoms with E-state index >= 15 is 0 Å². The number of aromatic nitrogens is 3. The summed E-state index contributed by atoms with van der Waals surface area (Å²) >= 11 is 6.21. The van der Waals surface area contributed by atoms with Gasteiger partial charge in [0.05, 0.1) is 30.1 Å². The van der Waals surface area contributed by atoms with Crippen molar-refractivity contribution in [3.63, 3.8) is 0 Å². The van der Waals surface area contributed by atoms with Crippen molar-refractivity contribution in [1.29, 1.82) is 5.26 Å². The number of hydrogen-bond donors (Lipinski definition) is 1. The van der Waals surface area contributed by atoms with Gasteiger partial charge in [0, 0.05) is 48.5 Å². The SMILES string of the molecule is CCOc1cc(-c2ccc(N3CCN(C(=O)[C@H](NC(=O)OC(C)(C)C)c4cccc(Cl)c4)CC3)nc2)c2c(C#N)cnn2c1. The number of ether oxygens (including phenoxy) is 2. The van der Waals surface area contributed by atoms with Crippen molar-refractivity contribution in [2.45, 2.75) is 39.3 Å². The van der Waals surface area contributed by atoms with E-state index in [1.165, 1.54) is 6.20 Å². The fraction of sp³-hybridized carbons (Fsp3) is 0.344. The molecule has 1 aliphatic rings. The number of hydrogen-bond acceptors (Lipinski definition) is 8. The molecule has 0 radical (unpaired) electrons. The number of benzene rings is 1. The van der Waals surface area contributed by atoms with E-state index in [9.17, 15) is 14.9 Å². The molecule has 1 aromatic carbocycles. The van der Waals surface area contributed by atoms with Gasteiger partial charge in [-0.3, -0.25) is 4.79 Å². The highest BCUT2D eigenvalue weighted by Gasteiger charge is 2.32. The first-order chi connectivity index (χ1) is 21.1. The van der Waals surface area contributed by atoms with Crippen LogP contribution in [0, 0.1) is 11.3 Å². The van der Waals surface area contributed by atoms with Crippen molar-refractivity contribution >= 4 is 34.9 Å². The van der Waals surface area contributed by atoms with E-state index in [1.807, 2.05) is 25.1 Å². The lowest BCUT2D eigenvalue weighted by molar-refractivity contribution is -0.134. The number of rotatable bonds is 7. The summed E-state index contributed by atoms with van der Waals surface area (Å²) in [5.41, 5.74) is 2.63. The number of carbonyl (C=O) groups excluding carboxylic acids is 2. The Bertz CT molecular complexity index is 1700. The maximum absolute atomic E-state index is 13.7. The molecule has 0 aliphatic carbocycles. The first-order valence-corrected chi connectivity index (χ1v) is 14.7. The summed E-state index contributed by atoms with van der Waals surface area (Å²) in [7, 11) is 0. The van der Waals surface area contributed by atoms with Crippen LogP contribution >= 0.6 is 11.6 Å². The molecule has 5 rings (SSSR count). The van der Waals surface area contributed by atoms with Gasteiger partial charge >= 0.3 is 6.09 Å². The van der Waals surface area contributed by atoms with Crippen LogP contribution in [0.3, 0.4) is 0 Å². The number of halogens is 1. The smallest absolute Gasteiger partial charge is 0.408 e. The molecule has 0 bridgehead atoms. The van der Waals surface area contributed by atoms with Crippen LogP contribution in [0.2, 0.25) is 5.02 Å². The molecule has 1 atom stereocenters. The molecular formula is C32H34ClN7O4. The third kappa shape index (κ3) is 6.87. The second kappa shape index (κ2) is 12.8. The molecule has 4 heterocycles. The molecule has 228 valence electrons. The van der Waals surface area contributed by atoms with Crippen LogP contribution in [0.1, 0.15) is 44.9 Å². The Hall–Kier alpha value is -4.82. The lowest BCUT2D eigenvalue weighted by Gasteiger charge is -2.37. The minimum atomic E-state index is -0.946. The third-order valence-electron chi connectivity index (χ3n) is 7.08. The van der Waals surface area contributed by atoms with Crippen LogP contribution in [0.5, 0.6) is 5.75 Å².